The van der Waals surface area contributed by atoms with Crippen molar-refractivity contribution < 1.29 is 4.79 Å². The summed E-state index contributed by atoms with van der Waals surface area (Å²) in [5.74, 6) is 0.0585. The standard InChI is InChI=1S/C19H22BrNO/c1-4-18(16-9-8-13(2)14(3)10-16)21-19(22)12-15-6-5-7-17(20)11-15/h5-11,18H,4,12H2,1-3H3,(H,21,22)/t18-/m1/s1. The molecule has 0 heterocycles. The molecule has 1 N–H and O–H groups in total. The number of halogens is 1. The lowest BCUT2D eigenvalue weighted by molar-refractivity contribution is -0.121. The Hall–Kier alpha value is -1.61. The van der Waals surface area contributed by atoms with Gasteiger partial charge in [0.05, 0.1) is 12.5 Å². The van der Waals surface area contributed by atoms with Gasteiger partial charge in [-0.15, -0.1) is 0 Å². The van der Waals surface area contributed by atoms with Crippen molar-refractivity contribution in [2.45, 2.75) is 39.7 Å². The van der Waals surface area contributed by atoms with Crippen LogP contribution in [0.25, 0.3) is 0 Å². The summed E-state index contributed by atoms with van der Waals surface area (Å²) in [5.41, 5.74) is 4.73. The van der Waals surface area contributed by atoms with Crippen molar-refractivity contribution in [1.29, 1.82) is 0 Å². The van der Waals surface area contributed by atoms with Crippen LogP contribution in [0.3, 0.4) is 0 Å². The number of rotatable bonds is 5. The summed E-state index contributed by atoms with van der Waals surface area (Å²) in [6.07, 6.45) is 1.29. The zero-order chi connectivity index (χ0) is 16.1. The van der Waals surface area contributed by atoms with E-state index in [4.69, 9.17) is 0 Å². The Labute approximate surface area is 141 Å². The minimum absolute atomic E-state index is 0.0585. The number of amides is 1. The molecule has 0 radical (unpaired) electrons. The van der Waals surface area contributed by atoms with Crippen molar-refractivity contribution in [3.8, 4) is 0 Å². The molecule has 2 nitrogen and oxygen atoms in total. The van der Waals surface area contributed by atoms with Crippen LogP contribution >= 0.6 is 15.9 Å². The third kappa shape index (κ3) is 4.44. The number of benzene rings is 2. The minimum atomic E-state index is 0.0585. The highest BCUT2D eigenvalue weighted by Gasteiger charge is 2.13. The van der Waals surface area contributed by atoms with Crippen LogP contribution in [0.4, 0.5) is 0 Å². The monoisotopic (exact) mass is 359 g/mol. The molecule has 0 unspecified atom stereocenters. The van der Waals surface area contributed by atoms with Crippen molar-refractivity contribution >= 4 is 21.8 Å². The second kappa shape index (κ2) is 7.59. The Morgan fingerprint density at radius 2 is 1.91 bits per heavy atom. The molecular formula is C19H22BrNO. The highest BCUT2D eigenvalue weighted by molar-refractivity contribution is 9.10. The van der Waals surface area contributed by atoms with E-state index in [0.717, 1.165) is 16.5 Å². The van der Waals surface area contributed by atoms with E-state index < -0.39 is 0 Å². The predicted molar refractivity (Wildman–Crippen MR) is 94.9 cm³/mol. The van der Waals surface area contributed by atoms with Gasteiger partial charge in [-0.05, 0) is 54.7 Å². The van der Waals surface area contributed by atoms with E-state index in [1.54, 1.807) is 0 Å². The van der Waals surface area contributed by atoms with E-state index in [1.165, 1.54) is 16.7 Å². The van der Waals surface area contributed by atoms with Gasteiger partial charge in [0, 0.05) is 4.47 Å². The van der Waals surface area contributed by atoms with Crippen LogP contribution in [0.1, 0.15) is 41.6 Å². The van der Waals surface area contributed by atoms with E-state index in [0.29, 0.717) is 6.42 Å². The van der Waals surface area contributed by atoms with Gasteiger partial charge < -0.3 is 5.32 Å². The SMILES string of the molecule is CC[C@@H](NC(=O)Cc1cccc(Br)c1)c1ccc(C)c(C)c1. The molecule has 0 saturated heterocycles. The number of hydrogen-bond acceptors (Lipinski definition) is 1. The van der Waals surface area contributed by atoms with Gasteiger partial charge in [0.15, 0.2) is 0 Å². The van der Waals surface area contributed by atoms with Crippen LogP contribution in [0.5, 0.6) is 0 Å². The number of carbonyl (C=O) groups excluding carboxylic acids is 1. The zero-order valence-corrected chi connectivity index (χ0v) is 14.9. The molecule has 0 aliphatic rings. The van der Waals surface area contributed by atoms with Gasteiger partial charge in [0.25, 0.3) is 0 Å². The lowest BCUT2D eigenvalue weighted by Crippen LogP contribution is -2.29. The lowest BCUT2D eigenvalue weighted by atomic mass is 9.99. The first-order chi connectivity index (χ1) is 10.5. The fourth-order valence-corrected chi connectivity index (χ4v) is 2.93. The molecule has 0 fully saturated rings. The van der Waals surface area contributed by atoms with Crippen LogP contribution < -0.4 is 5.32 Å². The summed E-state index contributed by atoms with van der Waals surface area (Å²) in [4.78, 5) is 12.3. The van der Waals surface area contributed by atoms with Crippen LogP contribution in [0.15, 0.2) is 46.9 Å². The van der Waals surface area contributed by atoms with Gasteiger partial charge >= 0.3 is 0 Å². The van der Waals surface area contributed by atoms with Gasteiger partial charge in [-0.1, -0.05) is 53.2 Å². The number of nitrogens with one attached hydrogen (secondary N) is 1. The molecule has 0 saturated carbocycles. The highest BCUT2D eigenvalue weighted by Crippen LogP contribution is 2.20. The van der Waals surface area contributed by atoms with Gasteiger partial charge in [-0.2, -0.15) is 0 Å². The van der Waals surface area contributed by atoms with Crippen LogP contribution in [0, 0.1) is 13.8 Å². The largest absolute Gasteiger partial charge is 0.349 e. The smallest absolute Gasteiger partial charge is 0.224 e. The van der Waals surface area contributed by atoms with E-state index in [2.05, 4.69) is 60.2 Å². The van der Waals surface area contributed by atoms with Crippen LogP contribution in [-0.4, -0.2) is 5.91 Å². The summed E-state index contributed by atoms with van der Waals surface area (Å²) in [6, 6.07) is 14.3. The number of carbonyl (C=O) groups is 1. The molecule has 0 aliphatic heterocycles. The van der Waals surface area contributed by atoms with Crippen LogP contribution in [0.2, 0.25) is 0 Å². The first-order valence-corrected chi connectivity index (χ1v) is 8.40. The van der Waals surface area contributed by atoms with Crippen molar-refractivity contribution in [1.82, 2.24) is 5.32 Å². The van der Waals surface area contributed by atoms with Crippen LogP contribution in [-0.2, 0) is 11.2 Å². The van der Waals surface area contributed by atoms with E-state index in [-0.39, 0.29) is 11.9 Å². The Kier molecular flexibility index (Phi) is 5.78. The van der Waals surface area contributed by atoms with Gasteiger partial charge in [-0.3, -0.25) is 4.79 Å². The topological polar surface area (TPSA) is 29.1 Å². The molecule has 3 heteroatoms. The Balaban J connectivity index is 2.06. The minimum Gasteiger partial charge on any atom is -0.349 e. The lowest BCUT2D eigenvalue weighted by Gasteiger charge is -2.18. The highest BCUT2D eigenvalue weighted by atomic mass is 79.9. The van der Waals surface area contributed by atoms with Gasteiger partial charge in [-0.25, -0.2) is 0 Å². The summed E-state index contributed by atoms with van der Waals surface area (Å²) >= 11 is 3.44. The summed E-state index contributed by atoms with van der Waals surface area (Å²) in [5, 5.41) is 3.14. The van der Waals surface area contributed by atoms with Gasteiger partial charge in [0.1, 0.15) is 0 Å². The molecular weight excluding hydrogens is 338 g/mol. The number of aryl methyl sites for hydroxylation is 2. The molecule has 2 aromatic carbocycles. The average molecular weight is 360 g/mol. The Morgan fingerprint density at radius 3 is 2.55 bits per heavy atom. The molecule has 0 aromatic heterocycles. The molecule has 2 rings (SSSR count). The quantitative estimate of drug-likeness (QED) is 0.809. The molecule has 22 heavy (non-hydrogen) atoms. The molecule has 1 atom stereocenters. The average Bonchev–Trinajstić information content (AvgIpc) is 2.48. The van der Waals surface area contributed by atoms with Gasteiger partial charge in [0.2, 0.25) is 5.91 Å². The third-order valence-corrected chi connectivity index (χ3v) is 4.42. The zero-order valence-electron chi connectivity index (χ0n) is 13.3. The van der Waals surface area contributed by atoms with Crippen molar-refractivity contribution in [2.24, 2.45) is 0 Å². The first-order valence-electron chi connectivity index (χ1n) is 7.60. The van der Waals surface area contributed by atoms with E-state index in [9.17, 15) is 4.79 Å². The summed E-state index contributed by atoms with van der Waals surface area (Å²) in [7, 11) is 0. The Bertz CT molecular complexity index is 666. The van der Waals surface area contributed by atoms with Crippen molar-refractivity contribution in [2.75, 3.05) is 0 Å². The molecule has 0 spiro atoms. The second-order valence-electron chi connectivity index (χ2n) is 5.68. The molecule has 1 amide bonds. The fraction of sp³-hybridized carbons (Fsp3) is 0.316. The fourth-order valence-electron chi connectivity index (χ4n) is 2.48. The summed E-state index contributed by atoms with van der Waals surface area (Å²) < 4.78 is 0.999. The maximum absolute atomic E-state index is 12.3. The third-order valence-electron chi connectivity index (χ3n) is 3.93. The molecule has 2 aromatic rings. The van der Waals surface area contributed by atoms with Crippen molar-refractivity contribution in [3.63, 3.8) is 0 Å². The maximum atomic E-state index is 12.3. The predicted octanol–water partition coefficient (Wildman–Crippen LogP) is 4.88. The molecule has 116 valence electrons. The summed E-state index contributed by atoms with van der Waals surface area (Å²) in [6.45, 7) is 6.31. The Morgan fingerprint density at radius 1 is 1.14 bits per heavy atom. The maximum Gasteiger partial charge on any atom is 0.224 e. The molecule has 0 bridgehead atoms. The normalized spacial score (nSPS) is 12.0. The van der Waals surface area contributed by atoms with E-state index >= 15 is 0 Å². The van der Waals surface area contributed by atoms with Crippen molar-refractivity contribution in [3.05, 3.63) is 69.2 Å². The molecule has 0 aliphatic carbocycles. The van der Waals surface area contributed by atoms with E-state index in [1.807, 2.05) is 24.3 Å². The second-order valence-corrected chi connectivity index (χ2v) is 6.59. The first kappa shape index (κ1) is 16.8. The number of hydrogen-bond donors (Lipinski definition) is 1.